The average molecular weight is 449 g/mol. The van der Waals surface area contributed by atoms with Crippen molar-refractivity contribution in [3.8, 4) is 5.75 Å². The predicted molar refractivity (Wildman–Crippen MR) is 118 cm³/mol. The second kappa shape index (κ2) is 10.9. The fraction of sp³-hybridized carbons (Fsp3) is 0.364. The number of carbonyl (C=O) groups excluding carboxylic acids is 2. The van der Waals surface area contributed by atoms with Crippen LogP contribution in [0.3, 0.4) is 0 Å². The van der Waals surface area contributed by atoms with E-state index in [2.05, 4.69) is 5.32 Å². The van der Waals surface area contributed by atoms with Gasteiger partial charge in [-0.05, 0) is 42.3 Å². The number of nitrogens with zero attached hydrogens (tertiary/aromatic N) is 1. The van der Waals surface area contributed by atoms with E-state index in [1.54, 1.807) is 64.3 Å². The average Bonchev–Trinajstić information content (AvgIpc) is 2.74. The van der Waals surface area contributed by atoms with Gasteiger partial charge in [0.05, 0.1) is 18.4 Å². The molecule has 168 valence electrons. The van der Waals surface area contributed by atoms with Crippen molar-refractivity contribution >= 4 is 27.6 Å². The number of esters is 1. The minimum absolute atomic E-state index is 0.0219. The van der Waals surface area contributed by atoms with Crippen LogP contribution in [-0.4, -0.2) is 51.4 Å². The van der Waals surface area contributed by atoms with Crippen LogP contribution in [0.25, 0.3) is 0 Å². The summed E-state index contributed by atoms with van der Waals surface area (Å²) in [4.78, 5) is 24.3. The van der Waals surface area contributed by atoms with Gasteiger partial charge in [-0.3, -0.25) is 9.59 Å². The van der Waals surface area contributed by atoms with Crippen molar-refractivity contribution in [2.24, 2.45) is 0 Å². The molecule has 0 atom stereocenters. The van der Waals surface area contributed by atoms with E-state index in [-0.39, 0.29) is 11.3 Å². The topological polar surface area (TPSA) is 102 Å². The zero-order chi connectivity index (χ0) is 23.0. The molecular formula is C22H28N2O6S. The van der Waals surface area contributed by atoms with Crippen LogP contribution in [0.2, 0.25) is 0 Å². The molecule has 31 heavy (non-hydrogen) atoms. The van der Waals surface area contributed by atoms with Gasteiger partial charge in [0.15, 0.2) is 6.61 Å². The van der Waals surface area contributed by atoms with Crippen molar-refractivity contribution in [1.82, 2.24) is 4.31 Å². The standard InChI is InChI=1S/C22H28N2O6S/c1-5-24(6-2)31(27,28)20-14-18(10-7-16(20)3)23-21(25)15-30-22(26)13-17-8-11-19(29-4)12-9-17/h7-12,14H,5-6,13,15H2,1-4H3,(H,23,25). The van der Waals surface area contributed by atoms with Gasteiger partial charge in [-0.15, -0.1) is 0 Å². The second-order valence-corrected chi connectivity index (χ2v) is 8.71. The van der Waals surface area contributed by atoms with E-state index in [9.17, 15) is 18.0 Å². The Morgan fingerprint density at radius 1 is 1.03 bits per heavy atom. The Morgan fingerprint density at radius 3 is 2.26 bits per heavy atom. The third-order valence-electron chi connectivity index (χ3n) is 4.67. The van der Waals surface area contributed by atoms with Crippen LogP contribution in [0.4, 0.5) is 5.69 Å². The van der Waals surface area contributed by atoms with Crippen molar-refractivity contribution in [2.75, 3.05) is 32.1 Å². The highest BCUT2D eigenvalue weighted by molar-refractivity contribution is 7.89. The molecule has 8 nitrogen and oxygen atoms in total. The van der Waals surface area contributed by atoms with Crippen LogP contribution in [0.15, 0.2) is 47.4 Å². The molecule has 0 aliphatic carbocycles. The van der Waals surface area contributed by atoms with Crippen LogP contribution >= 0.6 is 0 Å². The summed E-state index contributed by atoms with van der Waals surface area (Å²) in [6.07, 6.45) is 0.0219. The Kier molecular flexibility index (Phi) is 8.58. The SMILES string of the molecule is CCN(CC)S(=O)(=O)c1cc(NC(=O)COC(=O)Cc2ccc(OC)cc2)ccc1C. The van der Waals surface area contributed by atoms with Gasteiger partial charge in [-0.2, -0.15) is 4.31 Å². The van der Waals surface area contributed by atoms with Crippen LogP contribution in [0, 0.1) is 6.92 Å². The highest BCUT2D eigenvalue weighted by atomic mass is 32.2. The third kappa shape index (κ3) is 6.53. The van der Waals surface area contributed by atoms with Crippen molar-refractivity contribution < 1.29 is 27.5 Å². The fourth-order valence-electron chi connectivity index (χ4n) is 2.96. The lowest BCUT2D eigenvalue weighted by Crippen LogP contribution is -2.31. The molecule has 2 rings (SSSR count). The minimum atomic E-state index is -3.67. The van der Waals surface area contributed by atoms with Crippen molar-refractivity contribution in [3.63, 3.8) is 0 Å². The number of hydrogen-bond acceptors (Lipinski definition) is 6. The summed E-state index contributed by atoms with van der Waals surface area (Å²) in [6, 6.07) is 11.6. The Labute approximate surface area is 183 Å². The van der Waals surface area contributed by atoms with Crippen LogP contribution in [-0.2, 0) is 30.8 Å². The molecule has 1 amide bonds. The van der Waals surface area contributed by atoms with Gasteiger partial charge in [0.25, 0.3) is 5.91 Å². The molecule has 0 bridgehead atoms. The van der Waals surface area contributed by atoms with Gasteiger partial charge < -0.3 is 14.8 Å². The summed E-state index contributed by atoms with van der Waals surface area (Å²) in [6.45, 7) is 5.45. The monoisotopic (exact) mass is 448 g/mol. The molecule has 0 radical (unpaired) electrons. The summed E-state index contributed by atoms with van der Waals surface area (Å²) in [7, 11) is -2.11. The van der Waals surface area contributed by atoms with Crippen molar-refractivity contribution in [2.45, 2.75) is 32.1 Å². The molecule has 0 aliphatic rings. The van der Waals surface area contributed by atoms with E-state index in [0.717, 1.165) is 5.56 Å². The molecule has 0 saturated heterocycles. The predicted octanol–water partition coefficient (Wildman–Crippen LogP) is 2.76. The van der Waals surface area contributed by atoms with Gasteiger partial charge in [-0.1, -0.05) is 32.0 Å². The van der Waals surface area contributed by atoms with Crippen molar-refractivity contribution in [1.29, 1.82) is 0 Å². The summed E-state index contributed by atoms with van der Waals surface area (Å²) >= 11 is 0. The molecule has 0 aliphatic heterocycles. The summed E-state index contributed by atoms with van der Waals surface area (Å²) in [5, 5.41) is 2.58. The molecule has 0 fully saturated rings. The minimum Gasteiger partial charge on any atom is -0.497 e. The quantitative estimate of drug-likeness (QED) is 0.561. The lowest BCUT2D eigenvalue weighted by molar-refractivity contribution is -0.146. The third-order valence-corrected chi connectivity index (χ3v) is 6.86. The molecular weight excluding hydrogens is 420 g/mol. The second-order valence-electron chi connectivity index (χ2n) is 6.80. The summed E-state index contributed by atoms with van der Waals surface area (Å²) in [5.74, 6) is -0.427. The lowest BCUT2D eigenvalue weighted by atomic mass is 10.1. The zero-order valence-corrected chi connectivity index (χ0v) is 19.0. The lowest BCUT2D eigenvalue weighted by Gasteiger charge is -2.20. The molecule has 0 unspecified atom stereocenters. The van der Waals surface area contributed by atoms with Crippen LogP contribution in [0.5, 0.6) is 5.75 Å². The highest BCUT2D eigenvalue weighted by Crippen LogP contribution is 2.23. The molecule has 2 aromatic carbocycles. The number of benzene rings is 2. The number of rotatable bonds is 10. The molecule has 9 heteroatoms. The van der Waals surface area contributed by atoms with E-state index >= 15 is 0 Å². The van der Waals surface area contributed by atoms with Gasteiger partial charge in [0.1, 0.15) is 5.75 Å². The first-order valence-corrected chi connectivity index (χ1v) is 11.3. The number of ether oxygens (including phenoxy) is 2. The normalized spacial score (nSPS) is 11.3. The smallest absolute Gasteiger partial charge is 0.310 e. The van der Waals surface area contributed by atoms with Gasteiger partial charge in [0.2, 0.25) is 10.0 Å². The summed E-state index contributed by atoms with van der Waals surface area (Å²) in [5.41, 5.74) is 1.62. The number of aryl methyl sites for hydroxylation is 1. The van der Waals surface area contributed by atoms with Gasteiger partial charge >= 0.3 is 5.97 Å². The maximum atomic E-state index is 12.8. The zero-order valence-electron chi connectivity index (χ0n) is 18.2. The van der Waals surface area contributed by atoms with Gasteiger partial charge in [0, 0.05) is 18.8 Å². The first-order valence-electron chi connectivity index (χ1n) is 9.90. The first-order chi connectivity index (χ1) is 14.7. The first kappa shape index (κ1) is 24.4. The number of carbonyl (C=O) groups is 2. The Morgan fingerprint density at radius 2 is 1.68 bits per heavy atom. The van der Waals surface area contributed by atoms with E-state index < -0.39 is 28.5 Å². The maximum Gasteiger partial charge on any atom is 0.310 e. The molecule has 1 N–H and O–H groups in total. The maximum absolute atomic E-state index is 12.8. The molecule has 0 spiro atoms. The highest BCUT2D eigenvalue weighted by Gasteiger charge is 2.24. The van der Waals surface area contributed by atoms with E-state index in [4.69, 9.17) is 9.47 Å². The summed E-state index contributed by atoms with van der Waals surface area (Å²) < 4.78 is 37.1. The molecule has 0 heterocycles. The van der Waals surface area contributed by atoms with Crippen LogP contribution in [0.1, 0.15) is 25.0 Å². The number of amides is 1. The number of hydrogen-bond donors (Lipinski definition) is 1. The van der Waals surface area contributed by atoms with E-state index in [1.165, 1.54) is 10.4 Å². The molecule has 0 saturated carbocycles. The molecule has 2 aromatic rings. The van der Waals surface area contributed by atoms with Gasteiger partial charge in [-0.25, -0.2) is 8.42 Å². The van der Waals surface area contributed by atoms with Crippen LogP contribution < -0.4 is 10.1 Å². The molecule has 0 aromatic heterocycles. The van der Waals surface area contributed by atoms with E-state index in [0.29, 0.717) is 30.1 Å². The number of nitrogens with one attached hydrogen (secondary N) is 1. The Hall–Kier alpha value is -2.91. The Balaban J connectivity index is 1.98. The van der Waals surface area contributed by atoms with E-state index in [1.807, 2.05) is 0 Å². The number of methoxy groups -OCH3 is 1. The number of sulfonamides is 1. The Bertz CT molecular complexity index is 1010. The fourth-order valence-corrected chi connectivity index (χ4v) is 4.67. The largest absolute Gasteiger partial charge is 0.497 e. The number of anilines is 1. The van der Waals surface area contributed by atoms with Crippen molar-refractivity contribution in [3.05, 3.63) is 53.6 Å².